The van der Waals surface area contributed by atoms with Crippen LogP contribution in [0, 0.1) is 0 Å². The lowest BCUT2D eigenvalue weighted by atomic mass is 10.1. The second-order valence-corrected chi connectivity index (χ2v) is 5.86. The van der Waals surface area contributed by atoms with Crippen LogP contribution in [0.5, 0.6) is 0 Å². The third-order valence-corrected chi connectivity index (χ3v) is 4.06. The molecular formula is C15H27N3O3. The first-order valence-corrected chi connectivity index (χ1v) is 7.62. The normalized spacial score (nSPS) is 19.9. The molecule has 0 bridgehead atoms. The minimum atomic E-state index is -0.475. The first-order valence-electron chi connectivity index (χ1n) is 7.62. The Balaban J connectivity index is 1.72. The fourth-order valence-electron chi connectivity index (χ4n) is 2.54. The standard InChI is InChI=1S/C15H27N3O3/c1-12(13-8-16-18(3)9-13)17(2)10-14(19)11-21-15-4-6-20-7-5-15/h8-9,12,14-15,19H,4-7,10-11H2,1-3H3. The van der Waals surface area contributed by atoms with Gasteiger partial charge in [-0.2, -0.15) is 5.10 Å². The predicted molar refractivity (Wildman–Crippen MR) is 80.1 cm³/mol. The van der Waals surface area contributed by atoms with Crippen molar-refractivity contribution < 1.29 is 14.6 Å². The number of rotatable bonds is 7. The molecule has 2 unspecified atom stereocenters. The molecule has 1 N–H and O–H groups in total. The van der Waals surface area contributed by atoms with Gasteiger partial charge in [0.2, 0.25) is 0 Å². The first-order chi connectivity index (χ1) is 10.1. The van der Waals surface area contributed by atoms with Crippen LogP contribution < -0.4 is 0 Å². The Morgan fingerprint density at radius 3 is 2.86 bits per heavy atom. The van der Waals surface area contributed by atoms with Crippen LogP contribution in [0.4, 0.5) is 0 Å². The van der Waals surface area contributed by atoms with Gasteiger partial charge in [-0.05, 0) is 26.8 Å². The molecule has 1 aliphatic heterocycles. The van der Waals surface area contributed by atoms with Gasteiger partial charge in [0.05, 0.1) is 25.0 Å². The molecule has 0 radical (unpaired) electrons. The van der Waals surface area contributed by atoms with Gasteiger partial charge in [0, 0.05) is 44.6 Å². The highest BCUT2D eigenvalue weighted by molar-refractivity contribution is 5.09. The number of aliphatic hydroxyl groups is 1. The third-order valence-electron chi connectivity index (χ3n) is 4.06. The molecule has 120 valence electrons. The maximum absolute atomic E-state index is 10.1. The highest BCUT2D eigenvalue weighted by atomic mass is 16.5. The first kappa shape index (κ1) is 16.4. The molecule has 6 heteroatoms. The molecule has 0 amide bonds. The summed E-state index contributed by atoms with van der Waals surface area (Å²) in [6, 6.07) is 0.219. The molecule has 1 aliphatic rings. The van der Waals surface area contributed by atoms with Crippen molar-refractivity contribution in [3.8, 4) is 0 Å². The van der Waals surface area contributed by atoms with E-state index in [1.165, 1.54) is 0 Å². The Morgan fingerprint density at radius 2 is 2.24 bits per heavy atom. The lowest BCUT2D eigenvalue weighted by Gasteiger charge is -2.28. The maximum atomic E-state index is 10.1. The average Bonchev–Trinajstić information content (AvgIpc) is 2.92. The van der Waals surface area contributed by atoms with E-state index >= 15 is 0 Å². The zero-order chi connectivity index (χ0) is 15.2. The predicted octanol–water partition coefficient (Wildman–Crippen LogP) is 0.969. The molecular weight excluding hydrogens is 270 g/mol. The van der Waals surface area contributed by atoms with E-state index in [4.69, 9.17) is 9.47 Å². The Kier molecular flexibility index (Phi) is 6.17. The van der Waals surface area contributed by atoms with Crippen molar-refractivity contribution in [2.45, 2.75) is 38.0 Å². The number of hydrogen-bond acceptors (Lipinski definition) is 5. The van der Waals surface area contributed by atoms with Crippen molar-refractivity contribution in [3.63, 3.8) is 0 Å². The van der Waals surface area contributed by atoms with E-state index < -0.39 is 6.10 Å². The van der Waals surface area contributed by atoms with Gasteiger partial charge in [-0.15, -0.1) is 0 Å². The van der Waals surface area contributed by atoms with Gasteiger partial charge in [0.25, 0.3) is 0 Å². The van der Waals surface area contributed by atoms with Gasteiger partial charge in [-0.3, -0.25) is 9.58 Å². The smallest absolute Gasteiger partial charge is 0.0900 e. The Hall–Kier alpha value is -0.950. The SMILES string of the molecule is CC(c1cnn(C)c1)N(C)CC(O)COC1CCOCC1. The van der Waals surface area contributed by atoms with E-state index in [0.29, 0.717) is 13.2 Å². The fraction of sp³-hybridized carbons (Fsp3) is 0.800. The lowest BCUT2D eigenvalue weighted by molar-refractivity contribution is -0.0644. The molecule has 1 saturated heterocycles. The minimum absolute atomic E-state index is 0.219. The summed E-state index contributed by atoms with van der Waals surface area (Å²) in [7, 11) is 3.92. The Bertz CT molecular complexity index is 418. The summed E-state index contributed by atoms with van der Waals surface area (Å²) in [5, 5.41) is 14.3. The van der Waals surface area contributed by atoms with Crippen molar-refractivity contribution in [1.82, 2.24) is 14.7 Å². The Labute approximate surface area is 126 Å². The van der Waals surface area contributed by atoms with E-state index in [1.807, 2.05) is 26.5 Å². The molecule has 1 fully saturated rings. The van der Waals surface area contributed by atoms with Crippen LogP contribution in [0.2, 0.25) is 0 Å². The fourth-order valence-corrected chi connectivity index (χ4v) is 2.54. The summed E-state index contributed by atoms with van der Waals surface area (Å²) in [4.78, 5) is 2.12. The number of aliphatic hydroxyl groups excluding tert-OH is 1. The van der Waals surface area contributed by atoms with Crippen LogP contribution in [-0.2, 0) is 16.5 Å². The molecule has 2 rings (SSSR count). The number of ether oxygens (including phenoxy) is 2. The summed E-state index contributed by atoms with van der Waals surface area (Å²) in [6.07, 6.45) is 5.48. The van der Waals surface area contributed by atoms with Crippen molar-refractivity contribution in [2.75, 3.05) is 33.4 Å². The van der Waals surface area contributed by atoms with E-state index in [1.54, 1.807) is 4.68 Å². The van der Waals surface area contributed by atoms with E-state index in [2.05, 4.69) is 16.9 Å². The van der Waals surface area contributed by atoms with Gasteiger partial charge in [0.1, 0.15) is 0 Å². The van der Waals surface area contributed by atoms with E-state index in [-0.39, 0.29) is 12.1 Å². The van der Waals surface area contributed by atoms with Crippen molar-refractivity contribution in [3.05, 3.63) is 18.0 Å². The van der Waals surface area contributed by atoms with Crippen LogP contribution in [0.3, 0.4) is 0 Å². The second-order valence-electron chi connectivity index (χ2n) is 5.86. The number of hydrogen-bond donors (Lipinski definition) is 1. The zero-order valence-corrected chi connectivity index (χ0v) is 13.2. The Morgan fingerprint density at radius 1 is 1.52 bits per heavy atom. The molecule has 6 nitrogen and oxygen atoms in total. The summed E-state index contributed by atoms with van der Waals surface area (Å²) in [5.74, 6) is 0. The van der Waals surface area contributed by atoms with Crippen LogP contribution in [0.15, 0.2) is 12.4 Å². The number of likely N-dealkylation sites (N-methyl/N-ethyl adjacent to an activating group) is 1. The van der Waals surface area contributed by atoms with Gasteiger partial charge in [-0.25, -0.2) is 0 Å². The molecule has 2 heterocycles. The molecule has 0 spiro atoms. The van der Waals surface area contributed by atoms with Gasteiger partial charge in [0.15, 0.2) is 0 Å². The van der Waals surface area contributed by atoms with Crippen LogP contribution in [-0.4, -0.2) is 65.4 Å². The molecule has 0 aromatic carbocycles. The molecule has 0 saturated carbocycles. The number of aryl methyl sites for hydroxylation is 1. The van der Waals surface area contributed by atoms with Gasteiger partial charge >= 0.3 is 0 Å². The summed E-state index contributed by atoms with van der Waals surface area (Å²) in [5.41, 5.74) is 1.15. The number of nitrogens with zero attached hydrogens (tertiary/aromatic N) is 3. The van der Waals surface area contributed by atoms with E-state index in [9.17, 15) is 5.11 Å². The number of aromatic nitrogens is 2. The highest BCUT2D eigenvalue weighted by Gasteiger charge is 2.19. The third kappa shape index (κ3) is 5.07. The topological polar surface area (TPSA) is 59.8 Å². The maximum Gasteiger partial charge on any atom is 0.0900 e. The lowest BCUT2D eigenvalue weighted by Crippen LogP contribution is -2.35. The van der Waals surface area contributed by atoms with Crippen LogP contribution in [0.25, 0.3) is 0 Å². The van der Waals surface area contributed by atoms with E-state index in [0.717, 1.165) is 31.6 Å². The zero-order valence-electron chi connectivity index (χ0n) is 13.2. The highest BCUT2D eigenvalue weighted by Crippen LogP contribution is 2.18. The second kappa shape index (κ2) is 7.89. The molecule has 1 aromatic rings. The monoisotopic (exact) mass is 297 g/mol. The molecule has 0 aliphatic carbocycles. The largest absolute Gasteiger partial charge is 0.389 e. The van der Waals surface area contributed by atoms with Crippen molar-refractivity contribution in [2.24, 2.45) is 7.05 Å². The molecule has 2 atom stereocenters. The average molecular weight is 297 g/mol. The summed E-state index contributed by atoms with van der Waals surface area (Å²) in [6.45, 7) is 4.61. The molecule has 1 aromatic heterocycles. The molecule has 21 heavy (non-hydrogen) atoms. The summed E-state index contributed by atoms with van der Waals surface area (Å²) < 4.78 is 12.9. The van der Waals surface area contributed by atoms with Gasteiger partial charge < -0.3 is 14.6 Å². The van der Waals surface area contributed by atoms with Crippen LogP contribution >= 0.6 is 0 Å². The minimum Gasteiger partial charge on any atom is -0.389 e. The summed E-state index contributed by atoms with van der Waals surface area (Å²) >= 11 is 0. The van der Waals surface area contributed by atoms with Gasteiger partial charge in [-0.1, -0.05) is 0 Å². The quantitative estimate of drug-likeness (QED) is 0.812. The van der Waals surface area contributed by atoms with Crippen molar-refractivity contribution in [1.29, 1.82) is 0 Å². The van der Waals surface area contributed by atoms with Crippen LogP contribution in [0.1, 0.15) is 31.4 Å². The van der Waals surface area contributed by atoms with Crippen molar-refractivity contribution >= 4 is 0 Å².